The number of nitrogens with zero attached hydrogens (tertiary/aromatic N) is 1. The van der Waals surface area contributed by atoms with E-state index in [-0.39, 0.29) is 17.9 Å². The molecule has 0 bridgehead atoms. The van der Waals surface area contributed by atoms with Crippen molar-refractivity contribution in [3.63, 3.8) is 0 Å². The van der Waals surface area contributed by atoms with Crippen LogP contribution >= 0.6 is 0 Å². The maximum Gasteiger partial charge on any atom is 0.254 e. The molecule has 0 spiro atoms. The van der Waals surface area contributed by atoms with Crippen molar-refractivity contribution in [3.05, 3.63) is 59.3 Å². The summed E-state index contributed by atoms with van der Waals surface area (Å²) in [7, 11) is 0. The van der Waals surface area contributed by atoms with E-state index in [0.29, 0.717) is 5.56 Å². The zero-order valence-electron chi connectivity index (χ0n) is 9.86. The van der Waals surface area contributed by atoms with Crippen molar-refractivity contribution >= 4 is 11.7 Å². The second kappa shape index (κ2) is 5.43. The fraction of sp³-hybridized carbons (Fsp3) is 0.0769. The Kier molecular flexibility index (Phi) is 3.70. The SMILES string of the molecule is Nc1nccc(C(=O)NCc2ccccc2F)c1F. The molecule has 3 N–H and O–H groups in total. The third kappa shape index (κ3) is 2.85. The van der Waals surface area contributed by atoms with Crippen LogP contribution in [0.1, 0.15) is 15.9 Å². The molecule has 1 heterocycles. The van der Waals surface area contributed by atoms with Crippen molar-refractivity contribution in [1.29, 1.82) is 0 Å². The zero-order valence-corrected chi connectivity index (χ0v) is 9.86. The van der Waals surface area contributed by atoms with Crippen LogP contribution in [0.2, 0.25) is 0 Å². The van der Waals surface area contributed by atoms with Crippen LogP contribution in [0.3, 0.4) is 0 Å². The summed E-state index contributed by atoms with van der Waals surface area (Å²) in [5.41, 5.74) is 5.36. The molecule has 4 nitrogen and oxygen atoms in total. The summed E-state index contributed by atoms with van der Waals surface area (Å²) in [6, 6.07) is 7.22. The number of nitrogen functional groups attached to an aromatic ring is 1. The quantitative estimate of drug-likeness (QED) is 0.888. The zero-order chi connectivity index (χ0) is 13.8. The Labute approximate surface area is 108 Å². The minimum absolute atomic E-state index is 0.0345. The first kappa shape index (κ1) is 12.9. The van der Waals surface area contributed by atoms with Crippen LogP contribution < -0.4 is 11.1 Å². The summed E-state index contributed by atoms with van der Waals surface area (Å²) in [6.07, 6.45) is 1.23. The molecule has 0 atom stereocenters. The number of benzene rings is 1. The molecule has 0 aliphatic carbocycles. The molecule has 2 aromatic rings. The maximum atomic E-state index is 13.5. The molecular formula is C13H11F2N3O. The van der Waals surface area contributed by atoms with Crippen LogP contribution in [0, 0.1) is 11.6 Å². The van der Waals surface area contributed by atoms with E-state index in [0.717, 1.165) is 0 Å². The third-order valence-electron chi connectivity index (χ3n) is 2.56. The predicted molar refractivity (Wildman–Crippen MR) is 66.2 cm³/mol. The summed E-state index contributed by atoms with van der Waals surface area (Å²) < 4.78 is 26.9. The molecule has 1 amide bonds. The highest BCUT2D eigenvalue weighted by Crippen LogP contribution is 2.12. The van der Waals surface area contributed by atoms with Gasteiger partial charge in [0.05, 0.1) is 5.56 Å². The Bertz CT molecular complexity index is 617. The molecule has 1 aromatic carbocycles. The molecule has 98 valence electrons. The van der Waals surface area contributed by atoms with Gasteiger partial charge in [-0.15, -0.1) is 0 Å². The first-order chi connectivity index (χ1) is 9.09. The van der Waals surface area contributed by atoms with E-state index in [4.69, 9.17) is 5.73 Å². The molecule has 0 saturated carbocycles. The topological polar surface area (TPSA) is 68.0 Å². The average Bonchev–Trinajstić information content (AvgIpc) is 2.40. The fourth-order valence-corrected chi connectivity index (χ4v) is 1.55. The lowest BCUT2D eigenvalue weighted by molar-refractivity contribution is 0.0946. The number of rotatable bonds is 3. The molecule has 0 fully saturated rings. The minimum atomic E-state index is -0.881. The van der Waals surface area contributed by atoms with Crippen molar-refractivity contribution in [2.24, 2.45) is 0 Å². The largest absolute Gasteiger partial charge is 0.381 e. The highest BCUT2D eigenvalue weighted by Gasteiger charge is 2.14. The van der Waals surface area contributed by atoms with Crippen LogP contribution in [-0.2, 0) is 6.54 Å². The van der Waals surface area contributed by atoms with Gasteiger partial charge in [0, 0.05) is 18.3 Å². The van der Waals surface area contributed by atoms with Crippen molar-refractivity contribution in [2.45, 2.75) is 6.54 Å². The second-order valence-corrected chi connectivity index (χ2v) is 3.83. The Hall–Kier alpha value is -2.50. The number of nitrogens with one attached hydrogen (secondary N) is 1. The van der Waals surface area contributed by atoms with Gasteiger partial charge in [-0.1, -0.05) is 18.2 Å². The number of amides is 1. The first-order valence-corrected chi connectivity index (χ1v) is 5.51. The Balaban J connectivity index is 2.10. The second-order valence-electron chi connectivity index (χ2n) is 3.83. The van der Waals surface area contributed by atoms with Gasteiger partial charge < -0.3 is 11.1 Å². The molecule has 0 saturated heterocycles. The molecule has 2 rings (SSSR count). The van der Waals surface area contributed by atoms with Crippen molar-refractivity contribution < 1.29 is 13.6 Å². The third-order valence-corrected chi connectivity index (χ3v) is 2.56. The van der Waals surface area contributed by atoms with Gasteiger partial charge >= 0.3 is 0 Å². The Morgan fingerprint density at radius 1 is 1.26 bits per heavy atom. The Morgan fingerprint density at radius 2 is 2.00 bits per heavy atom. The number of halogens is 2. The van der Waals surface area contributed by atoms with E-state index in [1.807, 2.05) is 0 Å². The van der Waals surface area contributed by atoms with Crippen LogP contribution in [0.4, 0.5) is 14.6 Å². The van der Waals surface area contributed by atoms with E-state index in [9.17, 15) is 13.6 Å². The first-order valence-electron chi connectivity index (χ1n) is 5.51. The van der Waals surface area contributed by atoms with Gasteiger partial charge in [-0.2, -0.15) is 0 Å². The normalized spacial score (nSPS) is 10.2. The van der Waals surface area contributed by atoms with Gasteiger partial charge in [0.2, 0.25) is 0 Å². The number of carbonyl (C=O) groups excluding carboxylic acids is 1. The number of carbonyl (C=O) groups is 1. The van der Waals surface area contributed by atoms with Gasteiger partial charge in [0.25, 0.3) is 5.91 Å². The van der Waals surface area contributed by atoms with E-state index < -0.39 is 17.5 Å². The molecule has 0 radical (unpaired) electrons. The summed E-state index contributed by atoms with van der Waals surface area (Å²) in [6.45, 7) is -0.0345. The summed E-state index contributed by atoms with van der Waals surface area (Å²) in [5, 5.41) is 2.42. The van der Waals surface area contributed by atoms with Crippen LogP contribution in [0.25, 0.3) is 0 Å². The van der Waals surface area contributed by atoms with Crippen LogP contribution in [0.15, 0.2) is 36.5 Å². The highest BCUT2D eigenvalue weighted by atomic mass is 19.1. The van der Waals surface area contributed by atoms with Crippen molar-refractivity contribution in [3.8, 4) is 0 Å². The molecule has 1 aromatic heterocycles. The van der Waals surface area contributed by atoms with Crippen LogP contribution in [0.5, 0.6) is 0 Å². The monoisotopic (exact) mass is 263 g/mol. The van der Waals surface area contributed by atoms with Crippen molar-refractivity contribution in [2.75, 3.05) is 5.73 Å². The molecular weight excluding hydrogens is 252 g/mol. The number of anilines is 1. The lowest BCUT2D eigenvalue weighted by Gasteiger charge is -2.07. The Morgan fingerprint density at radius 3 is 2.74 bits per heavy atom. The lowest BCUT2D eigenvalue weighted by Crippen LogP contribution is -2.24. The lowest BCUT2D eigenvalue weighted by atomic mass is 10.2. The minimum Gasteiger partial charge on any atom is -0.381 e. The average molecular weight is 263 g/mol. The van der Waals surface area contributed by atoms with E-state index in [1.54, 1.807) is 12.1 Å². The summed E-state index contributed by atoms with van der Waals surface area (Å²) >= 11 is 0. The van der Waals surface area contributed by atoms with Crippen molar-refractivity contribution in [1.82, 2.24) is 10.3 Å². The standard InChI is InChI=1S/C13H11F2N3O/c14-10-4-2-1-3-8(10)7-18-13(19)9-5-6-17-12(16)11(9)15/h1-6H,7H2,(H2,16,17)(H,18,19). The van der Waals surface area contributed by atoms with Gasteiger partial charge in [0.15, 0.2) is 11.6 Å². The summed E-state index contributed by atoms with van der Waals surface area (Å²) in [4.78, 5) is 15.3. The molecule has 0 aliphatic heterocycles. The molecule has 6 heteroatoms. The van der Waals surface area contributed by atoms with E-state index >= 15 is 0 Å². The number of pyridine rings is 1. The molecule has 19 heavy (non-hydrogen) atoms. The number of hydrogen-bond donors (Lipinski definition) is 2. The van der Waals surface area contributed by atoms with Gasteiger partial charge in [-0.05, 0) is 12.1 Å². The van der Waals surface area contributed by atoms with Crippen LogP contribution in [-0.4, -0.2) is 10.9 Å². The number of nitrogens with two attached hydrogens (primary N) is 1. The predicted octanol–water partition coefficient (Wildman–Crippen LogP) is 1.87. The molecule has 0 unspecified atom stereocenters. The van der Waals surface area contributed by atoms with Gasteiger partial charge in [0.1, 0.15) is 5.82 Å². The van der Waals surface area contributed by atoms with Gasteiger partial charge in [-0.25, -0.2) is 13.8 Å². The highest BCUT2D eigenvalue weighted by molar-refractivity contribution is 5.95. The van der Waals surface area contributed by atoms with E-state index in [2.05, 4.69) is 10.3 Å². The van der Waals surface area contributed by atoms with E-state index in [1.165, 1.54) is 24.4 Å². The number of hydrogen-bond acceptors (Lipinski definition) is 3. The van der Waals surface area contributed by atoms with Gasteiger partial charge in [-0.3, -0.25) is 4.79 Å². The number of aromatic nitrogens is 1. The summed E-state index contributed by atoms with van der Waals surface area (Å²) in [5.74, 6) is -2.33. The smallest absolute Gasteiger partial charge is 0.254 e. The fourth-order valence-electron chi connectivity index (χ4n) is 1.55. The maximum absolute atomic E-state index is 13.5. The molecule has 0 aliphatic rings.